The Morgan fingerprint density at radius 3 is 1.23 bits per heavy atom. The van der Waals surface area contributed by atoms with Crippen molar-refractivity contribution in [1.82, 2.24) is 21.3 Å². The Morgan fingerprint density at radius 2 is 0.886 bits per heavy atom. The standard InChI is InChI=1S/C17H27N5O13/c18-6(3-23)13(30)19-7(1-11(26)27)14(31)21-10(5-25)16(33)22-9(4-24)15(32)20-8(17(34)35)2-12(28)29/h6-10,23-25H,1-5,18H2,(H,19,30)(H,20,32)(H,21,31)(H,22,33)(H,26,27)(H,28,29)(H,34,35)/t6-,7-,8-,9-,10-/m0/s1. The summed E-state index contributed by atoms with van der Waals surface area (Å²) in [5, 5.41) is 61.8. The summed E-state index contributed by atoms with van der Waals surface area (Å²) < 4.78 is 0. The molecule has 5 atom stereocenters. The first kappa shape index (κ1) is 31.1. The summed E-state index contributed by atoms with van der Waals surface area (Å²) in [4.78, 5) is 81.4. The van der Waals surface area contributed by atoms with Crippen molar-refractivity contribution in [3.63, 3.8) is 0 Å². The van der Waals surface area contributed by atoms with Crippen LogP contribution in [0, 0.1) is 0 Å². The molecule has 0 aliphatic rings. The van der Waals surface area contributed by atoms with E-state index in [2.05, 4.69) is 0 Å². The second-order valence-electron chi connectivity index (χ2n) is 6.93. The average molecular weight is 509 g/mol. The van der Waals surface area contributed by atoms with Crippen molar-refractivity contribution in [2.75, 3.05) is 19.8 Å². The molecule has 0 aromatic heterocycles. The van der Waals surface area contributed by atoms with Gasteiger partial charge in [-0.05, 0) is 0 Å². The van der Waals surface area contributed by atoms with Gasteiger partial charge in [0.1, 0.15) is 30.2 Å². The van der Waals surface area contributed by atoms with Gasteiger partial charge in [0.15, 0.2) is 0 Å². The molecule has 12 N–H and O–H groups in total. The molecule has 0 aliphatic heterocycles. The van der Waals surface area contributed by atoms with E-state index in [1.54, 1.807) is 5.32 Å². The Kier molecular flexibility index (Phi) is 13.4. The van der Waals surface area contributed by atoms with Gasteiger partial charge in [0.2, 0.25) is 23.6 Å². The molecule has 35 heavy (non-hydrogen) atoms. The molecule has 0 heterocycles. The van der Waals surface area contributed by atoms with Crippen LogP contribution in [-0.2, 0) is 33.6 Å². The zero-order valence-corrected chi connectivity index (χ0v) is 18.0. The summed E-state index contributed by atoms with van der Waals surface area (Å²) in [5.74, 6) is -9.76. The van der Waals surface area contributed by atoms with E-state index in [1.165, 1.54) is 0 Å². The van der Waals surface area contributed by atoms with Gasteiger partial charge in [0.25, 0.3) is 0 Å². The molecule has 4 amide bonds. The Hall–Kier alpha value is -3.87. The Morgan fingerprint density at radius 1 is 0.543 bits per heavy atom. The molecule has 0 rings (SSSR count). The molecule has 18 nitrogen and oxygen atoms in total. The SMILES string of the molecule is N[C@@H](CO)C(=O)N[C@@H](CC(=O)O)C(=O)N[C@@H](CO)C(=O)N[C@@H](CO)C(=O)N[C@@H](CC(=O)O)C(=O)O. The monoisotopic (exact) mass is 509 g/mol. The van der Waals surface area contributed by atoms with Crippen LogP contribution in [0.25, 0.3) is 0 Å². The number of hydrogen-bond donors (Lipinski definition) is 11. The quantitative estimate of drug-likeness (QED) is 0.0921. The summed E-state index contributed by atoms with van der Waals surface area (Å²) in [6.07, 6.45) is -1.99. The van der Waals surface area contributed by atoms with Crippen LogP contribution >= 0.6 is 0 Å². The number of nitrogens with one attached hydrogen (secondary N) is 4. The summed E-state index contributed by atoms with van der Waals surface area (Å²) >= 11 is 0. The summed E-state index contributed by atoms with van der Waals surface area (Å²) in [6.45, 7) is -3.02. The van der Waals surface area contributed by atoms with Crippen LogP contribution in [-0.4, -0.2) is 122 Å². The van der Waals surface area contributed by atoms with Crippen molar-refractivity contribution in [2.45, 2.75) is 43.1 Å². The van der Waals surface area contributed by atoms with Crippen LogP contribution in [0.4, 0.5) is 0 Å². The Labute approximate surface area is 196 Å². The minimum atomic E-state index is -1.90. The van der Waals surface area contributed by atoms with Crippen molar-refractivity contribution in [3.8, 4) is 0 Å². The van der Waals surface area contributed by atoms with Crippen LogP contribution in [0.5, 0.6) is 0 Å². The molecule has 0 aromatic carbocycles. The normalized spacial score (nSPS) is 14.9. The van der Waals surface area contributed by atoms with Crippen molar-refractivity contribution >= 4 is 41.5 Å². The summed E-state index contributed by atoms with van der Waals surface area (Å²) in [5.41, 5.74) is 5.27. The number of nitrogens with two attached hydrogens (primary N) is 1. The Balaban J connectivity index is 5.35. The minimum Gasteiger partial charge on any atom is -0.481 e. The van der Waals surface area contributed by atoms with Crippen LogP contribution in [0.1, 0.15) is 12.8 Å². The third kappa shape index (κ3) is 11.2. The summed E-state index contributed by atoms with van der Waals surface area (Å²) in [6, 6.07) is -8.84. The molecule has 0 bridgehead atoms. The molecule has 0 saturated heterocycles. The predicted molar refractivity (Wildman–Crippen MR) is 109 cm³/mol. The summed E-state index contributed by atoms with van der Waals surface area (Å²) in [7, 11) is 0. The number of carboxylic acid groups (broad SMARTS) is 3. The molecule has 0 radical (unpaired) electrons. The fourth-order valence-electron chi connectivity index (χ4n) is 2.33. The van der Waals surface area contributed by atoms with Gasteiger partial charge < -0.3 is 57.6 Å². The predicted octanol–water partition coefficient (Wildman–Crippen LogP) is -6.74. The highest BCUT2D eigenvalue weighted by atomic mass is 16.4. The lowest BCUT2D eigenvalue weighted by molar-refractivity contribution is -0.147. The average Bonchev–Trinajstić information content (AvgIpc) is 2.78. The van der Waals surface area contributed by atoms with Gasteiger partial charge in [0.05, 0.1) is 32.7 Å². The fourth-order valence-corrected chi connectivity index (χ4v) is 2.33. The lowest BCUT2D eigenvalue weighted by Crippen LogP contribution is -2.60. The Bertz CT molecular complexity index is 820. The minimum absolute atomic E-state index is 0.825. The van der Waals surface area contributed by atoms with Gasteiger partial charge in [-0.1, -0.05) is 0 Å². The second kappa shape index (κ2) is 15.1. The van der Waals surface area contributed by atoms with Gasteiger partial charge in [-0.15, -0.1) is 0 Å². The maximum Gasteiger partial charge on any atom is 0.326 e. The van der Waals surface area contributed by atoms with Crippen molar-refractivity contribution in [2.24, 2.45) is 5.73 Å². The fraction of sp³-hybridized carbons (Fsp3) is 0.588. The third-order valence-corrected chi connectivity index (χ3v) is 4.17. The maximum atomic E-state index is 12.4. The van der Waals surface area contributed by atoms with Crippen LogP contribution in [0.3, 0.4) is 0 Å². The number of hydrogen-bond acceptors (Lipinski definition) is 11. The number of aliphatic carboxylic acids is 3. The van der Waals surface area contributed by atoms with E-state index in [-0.39, 0.29) is 0 Å². The van der Waals surface area contributed by atoms with Gasteiger partial charge in [0, 0.05) is 0 Å². The number of aliphatic hydroxyl groups excluding tert-OH is 3. The van der Waals surface area contributed by atoms with Crippen molar-refractivity contribution in [1.29, 1.82) is 0 Å². The lowest BCUT2D eigenvalue weighted by atomic mass is 10.1. The lowest BCUT2D eigenvalue weighted by Gasteiger charge is -2.24. The topological polar surface area (TPSA) is 315 Å². The second-order valence-corrected chi connectivity index (χ2v) is 6.93. The number of carbonyl (C=O) groups excluding carboxylic acids is 4. The van der Waals surface area contributed by atoms with E-state index in [9.17, 15) is 43.8 Å². The molecule has 0 aliphatic carbocycles. The van der Waals surface area contributed by atoms with Gasteiger partial charge in [-0.3, -0.25) is 28.8 Å². The van der Waals surface area contributed by atoms with E-state index in [4.69, 9.17) is 26.2 Å². The molecule has 18 heteroatoms. The van der Waals surface area contributed by atoms with E-state index >= 15 is 0 Å². The molecular weight excluding hydrogens is 482 g/mol. The molecule has 198 valence electrons. The molecule has 0 fully saturated rings. The number of carbonyl (C=O) groups is 7. The van der Waals surface area contributed by atoms with Crippen LogP contribution in [0.15, 0.2) is 0 Å². The van der Waals surface area contributed by atoms with E-state index in [0.29, 0.717) is 0 Å². The van der Waals surface area contributed by atoms with E-state index < -0.39 is 104 Å². The third-order valence-electron chi connectivity index (χ3n) is 4.17. The maximum absolute atomic E-state index is 12.4. The number of rotatable bonds is 16. The van der Waals surface area contributed by atoms with Crippen molar-refractivity contribution in [3.05, 3.63) is 0 Å². The largest absolute Gasteiger partial charge is 0.481 e. The number of carboxylic acids is 3. The molecular formula is C17H27N5O13. The first-order valence-electron chi connectivity index (χ1n) is 9.73. The molecule has 0 aromatic rings. The van der Waals surface area contributed by atoms with E-state index in [0.717, 1.165) is 0 Å². The van der Waals surface area contributed by atoms with Gasteiger partial charge >= 0.3 is 17.9 Å². The zero-order chi connectivity index (χ0) is 27.3. The first-order chi connectivity index (χ1) is 16.3. The van der Waals surface area contributed by atoms with E-state index in [1.807, 2.05) is 16.0 Å². The molecule has 0 unspecified atom stereocenters. The highest BCUT2D eigenvalue weighted by Gasteiger charge is 2.32. The first-order valence-corrected chi connectivity index (χ1v) is 9.73. The van der Waals surface area contributed by atoms with Crippen LogP contribution in [0.2, 0.25) is 0 Å². The van der Waals surface area contributed by atoms with Crippen molar-refractivity contribution < 1.29 is 64.2 Å². The highest BCUT2D eigenvalue weighted by Crippen LogP contribution is 1.99. The highest BCUT2D eigenvalue weighted by molar-refractivity contribution is 5.96. The molecule has 0 saturated carbocycles. The smallest absolute Gasteiger partial charge is 0.326 e. The number of aliphatic hydroxyl groups is 3. The zero-order valence-electron chi connectivity index (χ0n) is 18.0. The molecule has 0 spiro atoms. The van der Waals surface area contributed by atoms with Crippen LogP contribution < -0.4 is 27.0 Å². The van der Waals surface area contributed by atoms with Gasteiger partial charge in [-0.2, -0.15) is 0 Å². The van der Waals surface area contributed by atoms with Gasteiger partial charge in [-0.25, -0.2) is 4.79 Å². The number of amides is 4.